The molecule has 6 heteroatoms. The first-order valence-electron chi connectivity index (χ1n) is 8.18. The van der Waals surface area contributed by atoms with Crippen LogP contribution in [0.2, 0.25) is 0 Å². The van der Waals surface area contributed by atoms with Gasteiger partial charge in [-0.2, -0.15) is 0 Å². The number of methoxy groups -OCH3 is 2. The zero-order chi connectivity index (χ0) is 17.9. The van der Waals surface area contributed by atoms with Crippen LogP contribution >= 0.6 is 0 Å². The number of likely N-dealkylation sites (tertiary alicyclic amines) is 1. The summed E-state index contributed by atoms with van der Waals surface area (Å²) in [6, 6.07) is 5.80. The van der Waals surface area contributed by atoms with E-state index in [9.17, 15) is 4.79 Å². The van der Waals surface area contributed by atoms with E-state index >= 15 is 0 Å². The molecule has 24 heavy (non-hydrogen) atoms. The fourth-order valence-electron chi connectivity index (χ4n) is 3.01. The molecule has 0 saturated carbocycles. The maximum atomic E-state index is 12.4. The van der Waals surface area contributed by atoms with E-state index in [1.165, 1.54) is 0 Å². The highest BCUT2D eigenvalue weighted by atomic mass is 16.6. The molecule has 0 bridgehead atoms. The summed E-state index contributed by atoms with van der Waals surface area (Å²) < 4.78 is 16.2. The summed E-state index contributed by atoms with van der Waals surface area (Å²) in [7, 11) is 3.25. The van der Waals surface area contributed by atoms with Gasteiger partial charge >= 0.3 is 6.09 Å². The molecule has 2 N–H and O–H groups in total. The molecule has 0 radical (unpaired) electrons. The highest BCUT2D eigenvalue weighted by molar-refractivity contribution is 5.69. The van der Waals surface area contributed by atoms with Crippen molar-refractivity contribution in [2.24, 2.45) is 11.7 Å². The standard InChI is InChI=1S/C18H28N2O4/c1-18(2,3)24-17(21)20-10-13(9-19)16(11-20)12-6-14(22-4)8-15(7-12)23-5/h6-8,13,16H,9-11,19H2,1-5H3/t13-,16+/m0/s1. The zero-order valence-corrected chi connectivity index (χ0v) is 15.2. The molecule has 2 atom stereocenters. The number of rotatable bonds is 4. The molecule has 1 heterocycles. The van der Waals surface area contributed by atoms with Gasteiger partial charge in [-0.3, -0.25) is 0 Å². The number of hydrogen-bond donors (Lipinski definition) is 1. The van der Waals surface area contributed by atoms with Crippen LogP contribution in [0.1, 0.15) is 32.3 Å². The van der Waals surface area contributed by atoms with Gasteiger partial charge in [-0.05, 0) is 50.9 Å². The zero-order valence-electron chi connectivity index (χ0n) is 15.2. The van der Waals surface area contributed by atoms with Gasteiger partial charge in [-0.15, -0.1) is 0 Å². The quantitative estimate of drug-likeness (QED) is 0.915. The van der Waals surface area contributed by atoms with Crippen LogP contribution in [-0.2, 0) is 4.74 Å². The van der Waals surface area contributed by atoms with E-state index in [0.29, 0.717) is 19.6 Å². The number of nitrogens with zero attached hydrogens (tertiary/aromatic N) is 1. The maximum absolute atomic E-state index is 12.4. The van der Waals surface area contributed by atoms with Crippen LogP contribution in [0.15, 0.2) is 18.2 Å². The second-order valence-corrected chi connectivity index (χ2v) is 7.13. The molecule has 1 saturated heterocycles. The van der Waals surface area contributed by atoms with Gasteiger partial charge in [0.25, 0.3) is 0 Å². The lowest BCUT2D eigenvalue weighted by Crippen LogP contribution is -2.35. The van der Waals surface area contributed by atoms with E-state index < -0.39 is 5.60 Å². The van der Waals surface area contributed by atoms with Crippen molar-refractivity contribution in [1.29, 1.82) is 0 Å². The monoisotopic (exact) mass is 336 g/mol. The Balaban J connectivity index is 2.22. The Labute approximate surface area is 143 Å². The molecular weight excluding hydrogens is 308 g/mol. The van der Waals surface area contributed by atoms with Crippen LogP contribution in [0, 0.1) is 5.92 Å². The molecule has 0 unspecified atom stereocenters. The Morgan fingerprint density at radius 1 is 1.17 bits per heavy atom. The van der Waals surface area contributed by atoms with Gasteiger partial charge in [0, 0.05) is 25.1 Å². The first-order valence-corrected chi connectivity index (χ1v) is 8.18. The Morgan fingerprint density at radius 3 is 2.21 bits per heavy atom. The number of carbonyl (C=O) groups is 1. The Bertz CT molecular complexity index is 561. The van der Waals surface area contributed by atoms with Crippen LogP contribution in [-0.4, -0.2) is 50.4 Å². The van der Waals surface area contributed by atoms with Crippen LogP contribution in [0.4, 0.5) is 4.79 Å². The smallest absolute Gasteiger partial charge is 0.410 e. The summed E-state index contributed by atoms with van der Waals surface area (Å²) in [6.07, 6.45) is -0.293. The highest BCUT2D eigenvalue weighted by Gasteiger charge is 2.37. The van der Waals surface area contributed by atoms with Crippen molar-refractivity contribution >= 4 is 6.09 Å². The Kier molecular flexibility index (Phi) is 5.59. The molecule has 0 spiro atoms. The molecule has 134 valence electrons. The molecule has 1 aliphatic heterocycles. The van der Waals surface area contributed by atoms with Gasteiger partial charge in [0.15, 0.2) is 0 Å². The lowest BCUT2D eigenvalue weighted by molar-refractivity contribution is 0.0287. The van der Waals surface area contributed by atoms with Gasteiger partial charge in [0.1, 0.15) is 17.1 Å². The third-order valence-electron chi connectivity index (χ3n) is 4.20. The van der Waals surface area contributed by atoms with E-state index in [-0.39, 0.29) is 17.9 Å². The lowest BCUT2D eigenvalue weighted by atomic mass is 9.89. The molecular formula is C18H28N2O4. The second-order valence-electron chi connectivity index (χ2n) is 7.13. The second kappa shape index (κ2) is 7.30. The minimum Gasteiger partial charge on any atom is -0.497 e. The SMILES string of the molecule is COc1cc(OC)cc([C@H]2CN(C(=O)OC(C)(C)C)C[C@@H]2CN)c1. The summed E-state index contributed by atoms with van der Waals surface area (Å²) in [6.45, 7) is 7.27. The largest absolute Gasteiger partial charge is 0.497 e. The van der Waals surface area contributed by atoms with Gasteiger partial charge in [0.05, 0.1) is 14.2 Å². The topological polar surface area (TPSA) is 74.0 Å². The molecule has 0 aromatic heterocycles. The average molecular weight is 336 g/mol. The van der Waals surface area contributed by atoms with Gasteiger partial charge in [-0.1, -0.05) is 0 Å². The highest BCUT2D eigenvalue weighted by Crippen LogP contribution is 2.36. The van der Waals surface area contributed by atoms with E-state index in [1.807, 2.05) is 39.0 Å². The first kappa shape index (κ1) is 18.4. The molecule has 2 rings (SSSR count). The fourth-order valence-corrected chi connectivity index (χ4v) is 3.01. The van der Waals surface area contributed by atoms with Crippen LogP contribution < -0.4 is 15.2 Å². The maximum Gasteiger partial charge on any atom is 0.410 e. The van der Waals surface area contributed by atoms with Gasteiger partial charge in [0.2, 0.25) is 0 Å². The Hall–Kier alpha value is -1.95. The van der Waals surface area contributed by atoms with Crippen LogP contribution in [0.3, 0.4) is 0 Å². The normalized spacial score (nSPS) is 20.8. The summed E-state index contributed by atoms with van der Waals surface area (Å²) in [5.74, 6) is 1.77. The van der Waals surface area contributed by atoms with Crippen LogP contribution in [0.5, 0.6) is 11.5 Å². The molecule has 6 nitrogen and oxygen atoms in total. The predicted molar refractivity (Wildman–Crippen MR) is 92.6 cm³/mol. The van der Waals surface area contributed by atoms with Crippen molar-refractivity contribution in [2.75, 3.05) is 33.9 Å². The number of carbonyl (C=O) groups excluding carboxylic acids is 1. The summed E-state index contributed by atoms with van der Waals surface area (Å²) in [5, 5.41) is 0. The number of benzene rings is 1. The first-order chi connectivity index (χ1) is 11.3. The minimum atomic E-state index is -0.507. The third-order valence-corrected chi connectivity index (χ3v) is 4.20. The molecule has 0 aliphatic carbocycles. The van der Waals surface area contributed by atoms with E-state index in [1.54, 1.807) is 19.1 Å². The molecule has 1 fully saturated rings. The predicted octanol–water partition coefficient (Wildman–Crippen LogP) is 2.61. The van der Waals surface area contributed by atoms with Crippen LogP contribution in [0.25, 0.3) is 0 Å². The van der Waals surface area contributed by atoms with E-state index in [4.69, 9.17) is 19.9 Å². The summed E-state index contributed by atoms with van der Waals surface area (Å²) in [5.41, 5.74) is 6.51. The average Bonchev–Trinajstić information content (AvgIpc) is 2.97. The van der Waals surface area contributed by atoms with E-state index in [0.717, 1.165) is 17.1 Å². The number of ether oxygens (including phenoxy) is 3. The Morgan fingerprint density at radius 2 is 1.75 bits per heavy atom. The van der Waals surface area contributed by atoms with Crippen molar-refractivity contribution in [3.05, 3.63) is 23.8 Å². The van der Waals surface area contributed by atoms with Crippen molar-refractivity contribution in [3.8, 4) is 11.5 Å². The summed E-state index contributed by atoms with van der Waals surface area (Å²) >= 11 is 0. The van der Waals surface area contributed by atoms with Gasteiger partial charge < -0.3 is 24.8 Å². The number of amides is 1. The fraction of sp³-hybridized carbons (Fsp3) is 0.611. The van der Waals surface area contributed by atoms with Gasteiger partial charge in [-0.25, -0.2) is 4.79 Å². The number of nitrogens with two attached hydrogens (primary N) is 1. The van der Waals surface area contributed by atoms with Crippen molar-refractivity contribution < 1.29 is 19.0 Å². The number of hydrogen-bond acceptors (Lipinski definition) is 5. The minimum absolute atomic E-state index is 0.131. The van der Waals surface area contributed by atoms with Crippen molar-refractivity contribution in [1.82, 2.24) is 4.90 Å². The molecule has 1 aromatic carbocycles. The molecule has 1 aliphatic rings. The van der Waals surface area contributed by atoms with E-state index in [2.05, 4.69) is 0 Å². The summed E-state index contributed by atoms with van der Waals surface area (Å²) in [4.78, 5) is 14.1. The van der Waals surface area contributed by atoms with Crippen molar-refractivity contribution in [2.45, 2.75) is 32.3 Å². The molecule has 1 aromatic rings. The third kappa shape index (κ3) is 4.32. The lowest BCUT2D eigenvalue weighted by Gasteiger charge is -2.24. The molecule has 1 amide bonds. The van der Waals surface area contributed by atoms with Crippen molar-refractivity contribution in [3.63, 3.8) is 0 Å².